The van der Waals surface area contributed by atoms with Gasteiger partial charge in [0.25, 0.3) is 0 Å². The molecule has 0 amide bonds. The van der Waals surface area contributed by atoms with Crippen LogP contribution < -0.4 is 0 Å². The highest BCUT2D eigenvalue weighted by Gasteiger charge is 2.12. The molecule has 13 heavy (non-hydrogen) atoms. The number of rotatable bonds is 1. The maximum absolute atomic E-state index is 4.32. The van der Waals surface area contributed by atoms with Gasteiger partial charge in [-0.3, -0.25) is 4.99 Å². The molecule has 1 nitrogen and oxygen atoms in total. The molecule has 0 aromatic heterocycles. The van der Waals surface area contributed by atoms with Crippen LogP contribution in [-0.2, 0) is 0 Å². The SMILES string of the molecule is Brc1cccc(C2CCC=NC2)c1. The molecule has 1 aromatic rings. The fourth-order valence-electron chi connectivity index (χ4n) is 1.69. The minimum Gasteiger partial charge on any atom is -0.297 e. The van der Waals surface area contributed by atoms with Gasteiger partial charge in [0.2, 0.25) is 0 Å². The summed E-state index contributed by atoms with van der Waals surface area (Å²) in [5.41, 5.74) is 1.41. The van der Waals surface area contributed by atoms with Crippen molar-refractivity contribution >= 4 is 22.1 Å². The highest BCUT2D eigenvalue weighted by molar-refractivity contribution is 9.10. The standard InChI is InChI=1S/C11H12BrN/c12-11-5-1-3-9(7-11)10-4-2-6-13-8-10/h1,3,5-7,10H,2,4,8H2. The van der Waals surface area contributed by atoms with E-state index in [1.54, 1.807) is 0 Å². The molecule has 1 unspecified atom stereocenters. The summed E-state index contributed by atoms with van der Waals surface area (Å²) in [6.07, 6.45) is 4.39. The van der Waals surface area contributed by atoms with E-state index in [1.807, 2.05) is 6.21 Å². The van der Waals surface area contributed by atoms with E-state index in [4.69, 9.17) is 0 Å². The van der Waals surface area contributed by atoms with Gasteiger partial charge < -0.3 is 0 Å². The molecule has 1 aliphatic rings. The van der Waals surface area contributed by atoms with Gasteiger partial charge in [0, 0.05) is 16.9 Å². The third-order valence-electron chi connectivity index (χ3n) is 2.42. The van der Waals surface area contributed by atoms with Crippen molar-refractivity contribution in [3.05, 3.63) is 34.3 Å². The summed E-state index contributed by atoms with van der Waals surface area (Å²) < 4.78 is 1.17. The summed E-state index contributed by atoms with van der Waals surface area (Å²) in [5, 5.41) is 0. The summed E-state index contributed by atoms with van der Waals surface area (Å²) in [4.78, 5) is 4.32. The van der Waals surface area contributed by atoms with E-state index in [-0.39, 0.29) is 0 Å². The van der Waals surface area contributed by atoms with Gasteiger partial charge in [0.1, 0.15) is 0 Å². The smallest absolute Gasteiger partial charge is 0.0454 e. The number of benzene rings is 1. The van der Waals surface area contributed by atoms with Gasteiger partial charge in [-0.05, 0) is 36.8 Å². The Kier molecular flexibility index (Phi) is 2.79. The van der Waals surface area contributed by atoms with Gasteiger partial charge in [0.05, 0.1) is 0 Å². The topological polar surface area (TPSA) is 12.4 Å². The van der Waals surface area contributed by atoms with Crippen molar-refractivity contribution in [3.63, 3.8) is 0 Å². The Morgan fingerprint density at radius 2 is 2.31 bits per heavy atom. The van der Waals surface area contributed by atoms with Crippen LogP contribution in [0.2, 0.25) is 0 Å². The lowest BCUT2D eigenvalue weighted by Gasteiger charge is -2.17. The fraction of sp³-hybridized carbons (Fsp3) is 0.364. The second-order valence-electron chi connectivity index (χ2n) is 3.38. The van der Waals surface area contributed by atoms with Gasteiger partial charge in [-0.25, -0.2) is 0 Å². The lowest BCUT2D eigenvalue weighted by Crippen LogP contribution is -2.07. The van der Waals surface area contributed by atoms with E-state index in [9.17, 15) is 0 Å². The quantitative estimate of drug-likeness (QED) is 0.711. The zero-order valence-corrected chi connectivity index (χ0v) is 9.00. The molecule has 2 heteroatoms. The Morgan fingerprint density at radius 1 is 1.38 bits per heavy atom. The third-order valence-corrected chi connectivity index (χ3v) is 2.91. The summed E-state index contributed by atoms with van der Waals surface area (Å²) in [5.74, 6) is 0.627. The molecule has 1 atom stereocenters. The first-order chi connectivity index (χ1) is 6.36. The Hall–Kier alpha value is -0.630. The second-order valence-corrected chi connectivity index (χ2v) is 4.29. The summed E-state index contributed by atoms with van der Waals surface area (Å²) in [7, 11) is 0. The van der Waals surface area contributed by atoms with E-state index in [0.29, 0.717) is 5.92 Å². The molecule has 1 aliphatic heterocycles. The molecule has 0 saturated heterocycles. The second kappa shape index (κ2) is 4.05. The van der Waals surface area contributed by atoms with Crippen LogP contribution >= 0.6 is 15.9 Å². The number of halogens is 1. The molecule has 0 saturated carbocycles. The number of hydrogen-bond acceptors (Lipinski definition) is 1. The number of hydrogen-bond donors (Lipinski definition) is 0. The molecular formula is C11H12BrN. The van der Waals surface area contributed by atoms with Crippen molar-refractivity contribution in [2.45, 2.75) is 18.8 Å². The number of aliphatic imine (C=N–C) groups is 1. The van der Waals surface area contributed by atoms with Gasteiger partial charge in [-0.1, -0.05) is 28.1 Å². The third kappa shape index (κ3) is 2.19. The van der Waals surface area contributed by atoms with Crippen molar-refractivity contribution in [2.24, 2.45) is 4.99 Å². The molecule has 68 valence electrons. The molecule has 1 heterocycles. The van der Waals surface area contributed by atoms with Crippen LogP contribution in [0.25, 0.3) is 0 Å². The lowest BCUT2D eigenvalue weighted by molar-refractivity contribution is 0.633. The predicted molar refractivity (Wildman–Crippen MR) is 59.5 cm³/mol. The van der Waals surface area contributed by atoms with E-state index in [1.165, 1.54) is 16.5 Å². The van der Waals surface area contributed by atoms with Gasteiger partial charge in [-0.15, -0.1) is 0 Å². The molecule has 0 bridgehead atoms. The Morgan fingerprint density at radius 3 is 3.00 bits per heavy atom. The fourth-order valence-corrected chi connectivity index (χ4v) is 2.11. The Balaban J connectivity index is 2.20. The normalized spacial score (nSPS) is 21.8. The molecule has 1 aromatic carbocycles. The highest BCUT2D eigenvalue weighted by atomic mass is 79.9. The van der Waals surface area contributed by atoms with Crippen molar-refractivity contribution in [1.82, 2.24) is 0 Å². The molecule has 0 radical (unpaired) electrons. The maximum atomic E-state index is 4.32. The monoisotopic (exact) mass is 237 g/mol. The predicted octanol–water partition coefficient (Wildman–Crippen LogP) is 3.40. The molecular weight excluding hydrogens is 226 g/mol. The van der Waals surface area contributed by atoms with Gasteiger partial charge in [0.15, 0.2) is 0 Å². The van der Waals surface area contributed by atoms with E-state index in [2.05, 4.69) is 45.2 Å². The van der Waals surface area contributed by atoms with E-state index >= 15 is 0 Å². The molecule has 0 N–H and O–H groups in total. The van der Waals surface area contributed by atoms with Crippen LogP contribution in [0.5, 0.6) is 0 Å². The molecule has 0 fully saturated rings. The summed E-state index contributed by atoms with van der Waals surface area (Å²) >= 11 is 3.49. The first-order valence-electron chi connectivity index (χ1n) is 4.60. The van der Waals surface area contributed by atoms with Gasteiger partial charge >= 0.3 is 0 Å². The zero-order chi connectivity index (χ0) is 9.10. The molecule has 0 spiro atoms. The number of nitrogens with zero attached hydrogens (tertiary/aromatic N) is 1. The van der Waals surface area contributed by atoms with Crippen molar-refractivity contribution in [3.8, 4) is 0 Å². The van der Waals surface area contributed by atoms with Crippen LogP contribution in [0.3, 0.4) is 0 Å². The Bertz CT molecular complexity index is 320. The average molecular weight is 238 g/mol. The molecule has 2 rings (SSSR count). The van der Waals surface area contributed by atoms with Crippen LogP contribution in [0.1, 0.15) is 24.3 Å². The zero-order valence-electron chi connectivity index (χ0n) is 7.41. The van der Waals surface area contributed by atoms with Crippen molar-refractivity contribution < 1.29 is 0 Å². The van der Waals surface area contributed by atoms with Crippen molar-refractivity contribution in [1.29, 1.82) is 0 Å². The summed E-state index contributed by atoms with van der Waals surface area (Å²) in [6.45, 7) is 0.955. The van der Waals surface area contributed by atoms with Crippen LogP contribution in [0, 0.1) is 0 Å². The maximum Gasteiger partial charge on any atom is 0.0454 e. The van der Waals surface area contributed by atoms with Crippen LogP contribution in [-0.4, -0.2) is 12.8 Å². The van der Waals surface area contributed by atoms with E-state index in [0.717, 1.165) is 13.0 Å². The lowest BCUT2D eigenvalue weighted by atomic mass is 9.93. The first-order valence-corrected chi connectivity index (χ1v) is 5.39. The summed E-state index contributed by atoms with van der Waals surface area (Å²) in [6, 6.07) is 8.55. The van der Waals surface area contributed by atoms with Crippen molar-refractivity contribution in [2.75, 3.05) is 6.54 Å². The minimum atomic E-state index is 0.627. The highest BCUT2D eigenvalue weighted by Crippen LogP contribution is 2.25. The van der Waals surface area contributed by atoms with E-state index < -0.39 is 0 Å². The molecule has 0 aliphatic carbocycles. The average Bonchev–Trinajstić information content (AvgIpc) is 2.19. The first kappa shape index (κ1) is 8.95. The van der Waals surface area contributed by atoms with Crippen LogP contribution in [0.15, 0.2) is 33.7 Å². The minimum absolute atomic E-state index is 0.627. The largest absolute Gasteiger partial charge is 0.297 e. The van der Waals surface area contributed by atoms with Crippen LogP contribution in [0.4, 0.5) is 0 Å². The van der Waals surface area contributed by atoms with Gasteiger partial charge in [-0.2, -0.15) is 0 Å². The Labute approximate surface area is 87.0 Å².